The first-order valence-electron chi connectivity index (χ1n) is 7.43. The molecule has 5 nitrogen and oxygen atoms in total. The standard InChI is InChI=1S/C16H24N2O3.ClH/c1-12-4-3-5-13(2)16(12)21-9-7-18-15(19)10-14-11-20-8-6-17-14;/h3-5,14,17H,6-11H2,1-2H3,(H,18,19);1H. The number of amides is 1. The van der Waals surface area contributed by atoms with Gasteiger partial charge in [-0.15, -0.1) is 12.4 Å². The van der Waals surface area contributed by atoms with Crippen LogP contribution in [0.4, 0.5) is 0 Å². The number of hydrogen-bond acceptors (Lipinski definition) is 4. The quantitative estimate of drug-likeness (QED) is 0.779. The van der Waals surface area contributed by atoms with Crippen molar-refractivity contribution in [1.82, 2.24) is 10.6 Å². The predicted octanol–water partition coefficient (Wildman–Crippen LogP) is 1.60. The zero-order valence-electron chi connectivity index (χ0n) is 13.2. The van der Waals surface area contributed by atoms with Gasteiger partial charge >= 0.3 is 0 Å². The van der Waals surface area contributed by atoms with E-state index in [0.29, 0.717) is 26.2 Å². The first kappa shape index (κ1) is 18.7. The molecule has 6 heteroatoms. The molecule has 1 aliphatic heterocycles. The number of para-hydroxylation sites is 1. The highest BCUT2D eigenvalue weighted by Gasteiger charge is 2.16. The summed E-state index contributed by atoms with van der Waals surface area (Å²) in [7, 11) is 0. The van der Waals surface area contributed by atoms with E-state index in [9.17, 15) is 4.79 Å². The summed E-state index contributed by atoms with van der Waals surface area (Å²) in [6.45, 7) is 7.18. The van der Waals surface area contributed by atoms with Gasteiger partial charge in [0.2, 0.25) is 5.91 Å². The molecule has 0 bridgehead atoms. The Morgan fingerprint density at radius 1 is 1.41 bits per heavy atom. The number of carbonyl (C=O) groups is 1. The number of rotatable bonds is 6. The molecule has 1 atom stereocenters. The second-order valence-electron chi connectivity index (χ2n) is 5.35. The molecule has 1 aromatic rings. The van der Waals surface area contributed by atoms with Gasteiger partial charge in [-0.2, -0.15) is 0 Å². The van der Waals surface area contributed by atoms with Crippen LogP contribution in [0.5, 0.6) is 5.75 Å². The second-order valence-corrected chi connectivity index (χ2v) is 5.35. The Hall–Kier alpha value is -1.30. The van der Waals surface area contributed by atoms with E-state index in [4.69, 9.17) is 9.47 Å². The Morgan fingerprint density at radius 2 is 2.14 bits per heavy atom. The molecular formula is C16H25ClN2O3. The molecule has 0 aromatic heterocycles. The van der Waals surface area contributed by atoms with E-state index in [1.165, 1.54) is 0 Å². The molecule has 1 aliphatic rings. The van der Waals surface area contributed by atoms with Crippen LogP contribution >= 0.6 is 12.4 Å². The summed E-state index contributed by atoms with van der Waals surface area (Å²) < 4.78 is 11.1. The summed E-state index contributed by atoms with van der Waals surface area (Å²) in [5.41, 5.74) is 2.23. The molecule has 1 aromatic carbocycles. The van der Waals surface area contributed by atoms with Gasteiger partial charge in [0.25, 0.3) is 0 Å². The highest BCUT2D eigenvalue weighted by atomic mass is 35.5. The Bertz CT molecular complexity index is 456. The number of benzene rings is 1. The fourth-order valence-corrected chi connectivity index (χ4v) is 2.42. The van der Waals surface area contributed by atoms with Crippen molar-refractivity contribution in [1.29, 1.82) is 0 Å². The lowest BCUT2D eigenvalue weighted by Gasteiger charge is -2.23. The number of nitrogens with one attached hydrogen (secondary N) is 2. The van der Waals surface area contributed by atoms with E-state index < -0.39 is 0 Å². The highest BCUT2D eigenvalue weighted by Crippen LogP contribution is 2.21. The first-order valence-corrected chi connectivity index (χ1v) is 7.43. The minimum atomic E-state index is 0. The number of halogens is 1. The fourth-order valence-electron chi connectivity index (χ4n) is 2.42. The van der Waals surface area contributed by atoms with Gasteiger partial charge in [-0.25, -0.2) is 0 Å². The van der Waals surface area contributed by atoms with E-state index in [1.54, 1.807) is 0 Å². The van der Waals surface area contributed by atoms with E-state index in [0.717, 1.165) is 30.0 Å². The molecule has 124 valence electrons. The van der Waals surface area contributed by atoms with Crippen molar-refractivity contribution in [3.63, 3.8) is 0 Å². The lowest BCUT2D eigenvalue weighted by atomic mass is 10.1. The summed E-state index contributed by atoms with van der Waals surface area (Å²) in [4.78, 5) is 11.8. The largest absolute Gasteiger partial charge is 0.491 e. The van der Waals surface area contributed by atoms with Gasteiger partial charge < -0.3 is 20.1 Å². The van der Waals surface area contributed by atoms with Crippen LogP contribution in [-0.4, -0.2) is 44.9 Å². The summed E-state index contributed by atoms with van der Waals surface area (Å²) in [5, 5.41) is 6.14. The predicted molar refractivity (Wildman–Crippen MR) is 88.9 cm³/mol. The second kappa shape index (κ2) is 9.66. The first-order chi connectivity index (χ1) is 10.2. The molecule has 1 amide bonds. The van der Waals surface area contributed by atoms with Crippen LogP contribution in [0.25, 0.3) is 0 Å². The summed E-state index contributed by atoms with van der Waals surface area (Å²) in [5.74, 6) is 0.942. The molecule has 1 heterocycles. The van der Waals surface area contributed by atoms with Crippen molar-refractivity contribution >= 4 is 18.3 Å². The zero-order chi connectivity index (χ0) is 15.1. The van der Waals surface area contributed by atoms with Crippen molar-refractivity contribution in [3.8, 4) is 5.75 Å². The Balaban J connectivity index is 0.00000242. The van der Waals surface area contributed by atoms with Gasteiger partial charge in [-0.3, -0.25) is 4.79 Å². The summed E-state index contributed by atoms with van der Waals surface area (Å²) in [6, 6.07) is 6.18. The zero-order valence-corrected chi connectivity index (χ0v) is 14.0. The molecular weight excluding hydrogens is 304 g/mol. The molecule has 1 fully saturated rings. The van der Waals surface area contributed by atoms with E-state index in [1.807, 2.05) is 32.0 Å². The van der Waals surface area contributed by atoms with Crippen LogP contribution in [0.2, 0.25) is 0 Å². The Labute approximate surface area is 138 Å². The van der Waals surface area contributed by atoms with Crippen LogP contribution in [0.15, 0.2) is 18.2 Å². The van der Waals surface area contributed by atoms with Crippen LogP contribution in [0.3, 0.4) is 0 Å². The van der Waals surface area contributed by atoms with Crippen LogP contribution in [0, 0.1) is 13.8 Å². The average molecular weight is 329 g/mol. The third kappa shape index (κ3) is 5.83. The van der Waals surface area contributed by atoms with E-state index in [-0.39, 0.29) is 24.4 Å². The molecule has 2 N–H and O–H groups in total. The van der Waals surface area contributed by atoms with E-state index in [2.05, 4.69) is 10.6 Å². The molecule has 0 aliphatic carbocycles. The minimum Gasteiger partial charge on any atom is -0.491 e. The summed E-state index contributed by atoms with van der Waals surface area (Å²) in [6.07, 6.45) is 0.448. The molecule has 1 saturated heterocycles. The summed E-state index contributed by atoms with van der Waals surface area (Å²) >= 11 is 0. The average Bonchev–Trinajstić information content (AvgIpc) is 2.47. The van der Waals surface area contributed by atoms with Crippen molar-refractivity contribution in [3.05, 3.63) is 29.3 Å². The molecule has 0 saturated carbocycles. The molecule has 2 rings (SSSR count). The number of ether oxygens (including phenoxy) is 2. The smallest absolute Gasteiger partial charge is 0.221 e. The van der Waals surface area contributed by atoms with Gasteiger partial charge in [-0.1, -0.05) is 18.2 Å². The van der Waals surface area contributed by atoms with Gasteiger partial charge in [0.05, 0.1) is 19.8 Å². The van der Waals surface area contributed by atoms with Crippen LogP contribution in [-0.2, 0) is 9.53 Å². The minimum absolute atomic E-state index is 0. The number of aryl methyl sites for hydroxylation is 2. The van der Waals surface area contributed by atoms with Crippen molar-refractivity contribution in [2.45, 2.75) is 26.3 Å². The highest BCUT2D eigenvalue weighted by molar-refractivity contribution is 5.85. The fraction of sp³-hybridized carbons (Fsp3) is 0.562. The molecule has 1 unspecified atom stereocenters. The topological polar surface area (TPSA) is 59.6 Å². The van der Waals surface area contributed by atoms with Gasteiger partial charge in [0.15, 0.2) is 0 Å². The third-order valence-electron chi connectivity index (χ3n) is 3.51. The van der Waals surface area contributed by atoms with Crippen LogP contribution in [0.1, 0.15) is 17.5 Å². The molecule has 0 spiro atoms. The van der Waals surface area contributed by atoms with Gasteiger partial charge in [-0.05, 0) is 25.0 Å². The lowest BCUT2D eigenvalue weighted by molar-refractivity contribution is -0.122. The maximum Gasteiger partial charge on any atom is 0.221 e. The number of morpholine rings is 1. The lowest BCUT2D eigenvalue weighted by Crippen LogP contribution is -2.44. The van der Waals surface area contributed by atoms with E-state index >= 15 is 0 Å². The van der Waals surface area contributed by atoms with Crippen molar-refractivity contribution < 1.29 is 14.3 Å². The normalized spacial score (nSPS) is 17.5. The maximum atomic E-state index is 11.8. The Kier molecular flexibility index (Phi) is 8.24. The van der Waals surface area contributed by atoms with Gasteiger partial charge in [0, 0.05) is 19.0 Å². The monoisotopic (exact) mass is 328 g/mol. The maximum absolute atomic E-state index is 11.8. The van der Waals surface area contributed by atoms with Crippen molar-refractivity contribution in [2.24, 2.45) is 0 Å². The van der Waals surface area contributed by atoms with Crippen LogP contribution < -0.4 is 15.4 Å². The molecule has 0 radical (unpaired) electrons. The molecule has 22 heavy (non-hydrogen) atoms. The third-order valence-corrected chi connectivity index (χ3v) is 3.51. The SMILES string of the molecule is Cc1cccc(C)c1OCCNC(=O)CC1COCCN1.Cl. The number of carbonyl (C=O) groups excluding carboxylic acids is 1. The van der Waals surface area contributed by atoms with Gasteiger partial charge in [0.1, 0.15) is 12.4 Å². The van der Waals surface area contributed by atoms with Crippen molar-refractivity contribution in [2.75, 3.05) is 32.9 Å². The Morgan fingerprint density at radius 3 is 2.77 bits per heavy atom. The number of hydrogen-bond donors (Lipinski definition) is 2.